The summed E-state index contributed by atoms with van der Waals surface area (Å²) in [5.41, 5.74) is 1.23. The quantitative estimate of drug-likeness (QED) is 0.860. The molecule has 1 fully saturated rings. The lowest BCUT2D eigenvalue weighted by Crippen LogP contribution is -2.33. The van der Waals surface area contributed by atoms with E-state index in [1.807, 2.05) is 0 Å². The number of hydrogen-bond donors (Lipinski definition) is 1. The maximum atomic E-state index is 5.85. The van der Waals surface area contributed by atoms with Crippen LogP contribution in [0.4, 0.5) is 0 Å². The van der Waals surface area contributed by atoms with Crippen molar-refractivity contribution in [2.45, 2.75) is 51.4 Å². The number of ether oxygens (including phenoxy) is 1. The second kappa shape index (κ2) is 7.27. The van der Waals surface area contributed by atoms with Gasteiger partial charge in [0.05, 0.1) is 12.7 Å². The average Bonchev–Trinajstić information content (AvgIpc) is 2.89. The van der Waals surface area contributed by atoms with Crippen molar-refractivity contribution in [1.82, 2.24) is 5.32 Å². The summed E-state index contributed by atoms with van der Waals surface area (Å²) in [6.07, 6.45) is 5.70. The van der Waals surface area contributed by atoms with Crippen molar-refractivity contribution < 1.29 is 4.74 Å². The number of nitrogens with one attached hydrogen (secondary N) is 1. The number of rotatable bonds is 6. The molecule has 1 aliphatic carbocycles. The van der Waals surface area contributed by atoms with Crippen molar-refractivity contribution in [3.63, 3.8) is 0 Å². The van der Waals surface area contributed by atoms with Gasteiger partial charge in [-0.25, -0.2) is 0 Å². The Labute approximate surface area is 118 Å². The lowest BCUT2D eigenvalue weighted by Gasteiger charge is -2.17. The van der Waals surface area contributed by atoms with Crippen LogP contribution in [0.25, 0.3) is 0 Å². The van der Waals surface area contributed by atoms with E-state index in [2.05, 4.69) is 52.4 Å². The van der Waals surface area contributed by atoms with Crippen LogP contribution in [0.5, 0.6) is 0 Å². The molecule has 1 aromatic rings. The summed E-state index contributed by atoms with van der Waals surface area (Å²) in [7, 11) is 0. The van der Waals surface area contributed by atoms with E-state index in [4.69, 9.17) is 4.74 Å². The molecule has 100 valence electrons. The highest BCUT2D eigenvalue weighted by Gasteiger charge is 2.15. The van der Waals surface area contributed by atoms with Gasteiger partial charge in [0.25, 0.3) is 0 Å². The molecule has 0 saturated heterocycles. The first-order valence-electron chi connectivity index (χ1n) is 6.83. The molecule has 1 aliphatic rings. The molecule has 1 aromatic carbocycles. The second-order valence-corrected chi connectivity index (χ2v) is 6.05. The van der Waals surface area contributed by atoms with E-state index >= 15 is 0 Å². The van der Waals surface area contributed by atoms with Crippen molar-refractivity contribution in [3.8, 4) is 0 Å². The first-order valence-corrected chi connectivity index (χ1v) is 7.63. The molecule has 2 nitrogen and oxygen atoms in total. The van der Waals surface area contributed by atoms with Gasteiger partial charge in [-0.1, -0.05) is 40.9 Å². The maximum Gasteiger partial charge on any atom is 0.0721 e. The molecule has 0 aromatic heterocycles. The van der Waals surface area contributed by atoms with Crippen LogP contribution >= 0.6 is 15.9 Å². The molecule has 1 unspecified atom stereocenters. The van der Waals surface area contributed by atoms with Crippen molar-refractivity contribution in [2.75, 3.05) is 6.54 Å². The molecule has 0 amide bonds. The Morgan fingerprint density at radius 3 is 2.61 bits per heavy atom. The highest BCUT2D eigenvalue weighted by atomic mass is 79.9. The van der Waals surface area contributed by atoms with Crippen LogP contribution in [0, 0.1) is 0 Å². The molecule has 0 radical (unpaired) electrons. The van der Waals surface area contributed by atoms with Crippen LogP contribution in [-0.4, -0.2) is 18.7 Å². The Hall–Kier alpha value is -0.380. The molecular weight excluding hydrogens is 290 g/mol. The van der Waals surface area contributed by atoms with Gasteiger partial charge in [0.2, 0.25) is 0 Å². The van der Waals surface area contributed by atoms with E-state index < -0.39 is 0 Å². The standard InChI is InChI=1S/C15H22BrNO/c1-12(10-17-15-4-2-3-5-15)18-11-13-6-8-14(16)9-7-13/h6-9,12,15,17H,2-5,10-11H2,1H3. The molecule has 1 N–H and O–H groups in total. The number of hydrogen-bond acceptors (Lipinski definition) is 2. The van der Waals surface area contributed by atoms with Crippen LogP contribution < -0.4 is 5.32 Å². The monoisotopic (exact) mass is 311 g/mol. The van der Waals surface area contributed by atoms with Gasteiger partial charge in [-0.15, -0.1) is 0 Å². The molecule has 1 atom stereocenters. The van der Waals surface area contributed by atoms with Crippen LogP contribution in [0.3, 0.4) is 0 Å². The van der Waals surface area contributed by atoms with Gasteiger partial charge < -0.3 is 10.1 Å². The van der Waals surface area contributed by atoms with E-state index in [1.54, 1.807) is 0 Å². The number of benzene rings is 1. The van der Waals surface area contributed by atoms with Gasteiger partial charge in [-0.3, -0.25) is 0 Å². The van der Waals surface area contributed by atoms with Crippen molar-refractivity contribution in [3.05, 3.63) is 34.3 Å². The van der Waals surface area contributed by atoms with Gasteiger partial charge in [-0.05, 0) is 37.5 Å². The van der Waals surface area contributed by atoms with Gasteiger partial charge in [-0.2, -0.15) is 0 Å². The summed E-state index contributed by atoms with van der Waals surface area (Å²) >= 11 is 3.44. The lowest BCUT2D eigenvalue weighted by molar-refractivity contribution is 0.0514. The summed E-state index contributed by atoms with van der Waals surface area (Å²) in [4.78, 5) is 0. The minimum Gasteiger partial charge on any atom is -0.373 e. The van der Waals surface area contributed by atoms with Crippen molar-refractivity contribution in [1.29, 1.82) is 0 Å². The van der Waals surface area contributed by atoms with Crippen LogP contribution in [-0.2, 0) is 11.3 Å². The van der Waals surface area contributed by atoms with Crippen molar-refractivity contribution in [2.24, 2.45) is 0 Å². The molecular formula is C15H22BrNO. The lowest BCUT2D eigenvalue weighted by atomic mass is 10.2. The van der Waals surface area contributed by atoms with E-state index in [1.165, 1.54) is 31.2 Å². The molecule has 2 rings (SSSR count). The Kier molecular flexibility index (Phi) is 5.67. The molecule has 0 aliphatic heterocycles. The van der Waals surface area contributed by atoms with Gasteiger partial charge in [0.15, 0.2) is 0 Å². The highest BCUT2D eigenvalue weighted by Crippen LogP contribution is 2.17. The van der Waals surface area contributed by atoms with E-state index in [9.17, 15) is 0 Å². The highest BCUT2D eigenvalue weighted by molar-refractivity contribution is 9.10. The zero-order valence-corrected chi connectivity index (χ0v) is 12.6. The SMILES string of the molecule is CC(CNC1CCCC1)OCc1ccc(Br)cc1. The summed E-state index contributed by atoms with van der Waals surface area (Å²) in [6.45, 7) is 3.79. The van der Waals surface area contributed by atoms with Crippen LogP contribution in [0.2, 0.25) is 0 Å². The van der Waals surface area contributed by atoms with Gasteiger partial charge >= 0.3 is 0 Å². The first kappa shape index (κ1) is 14.0. The maximum absolute atomic E-state index is 5.85. The zero-order valence-electron chi connectivity index (χ0n) is 11.0. The van der Waals surface area contributed by atoms with Gasteiger partial charge in [0, 0.05) is 17.1 Å². The Morgan fingerprint density at radius 2 is 1.94 bits per heavy atom. The fourth-order valence-electron chi connectivity index (χ4n) is 2.34. The molecule has 0 heterocycles. The van der Waals surface area contributed by atoms with E-state index in [0.717, 1.165) is 17.1 Å². The number of halogens is 1. The average molecular weight is 312 g/mol. The minimum atomic E-state index is 0.272. The third kappa shape index (κ3) is 4.71. The largest absolute Gasteiger partial charge is 0.373 e. The predicted octanol–water partition coefficient (Wildman–Crippen LogP) is 3.89. The Morgan fingerprint density at radius 1 is 1.28 bits per heavy atom. The normalized spacial score (nSPS) is 18.1. The van der Waals surface area contributed by atoms with E-state index in [0.29, 0.717) is 6.61 Å². The summed E-state index contributed by atoms with van der Waals surface area (Å²) in [5.74, 6) is 0. The van der Waals surface area contributed by atoms with Crippen molar-refractivity contribution >= 4 is 15.9 Å². The Bertz CT molecular complexity index is 346. The predicted molar refractivity (Wildman–Crippen MR) is 78.7 cm³/mol. The molecule has 0 bridgehead atoms. The second-order valence-electron chi connectivity index (χ2n) is 5.14. The fraction of sp³-hybridized carbons (Fsp3) is 0.600. The summed E-state index contributed by atoms with van der Waals surface area (Å²) in [6, 6.07) is 9.03. The van der Waals surface area contributed by atoms with Gasteiger partial charge in [0.1, 0.15) is 0 Å². The van der Waals surface area contributed by atoms with E-state index in [-0.39, 0.29) is 6.10 Å². The summed E-state index contributed by atoms with van der Waals surface area (Å²) < 4.78 is 6.96. The topological polar surface area (TPSA) is 21.3 Å². The fourth-order valence-corrected chi connectivity index (χ4v) is 2.60. The smallest absolute Gasteiger partial charge is 0.0721 e. The molecule has 3 heteroatoms. The first-order chi connectivity index (χ1) is 8.74. The van der Waals surface area contributed by atoms with Crippen LogP contribution in [0.15, 0.2) is 28.7 Å². The minimum absolute atomic E-state index is 0.272. The summed E-state index contributed by atoms with van der Waals surface area (Å²) in [5, 5.41) is 3.59. The van der Waals surface area contributed by atoms with Crippen LogP contribution in [0.1, 0.15) is 38.2 Å². The molecule has 1 saturated carbocycles. The third-order valence-electron chi connectivity index (χ3n) is 3.50. The third-order valence-corrected chi connectivity index (χ3v) is 4.03. The molecule has 0 spiro atoms. The Balaban J connectivity index is 1.64. The zero-order chi connectivity index (χ0) is 12.8. The molecule has 18 heavy (non-hydrogen) atoms.